The molecule has 0 aliphatic rings. The smallest absolute Gasteiger partial charge is 0.326 e. The summed E-state index contributed by atoms with van der Waals surface area (Å²) in [6, 6.07) is 4.52. The molecule has 1 aromatic carbocycles. The van der Waals surface area contributed by atoms with Gasteiger partial charge in [-0.05, 0) is 23.6 Å². The number of imidazole rings is 1. The number of nitrogens with zero attached hydrogens (tertiary/aromatic N) is 2. The maximum absolute atomic E-state index is 12.3. The zero-order chi connectivity index (χ0) is 19.8. The van der Waals surface area contributed by atoms with Gasteiger partial charge in [0, 0.05) is 13.0 Å². The Hall–Kier alpha value is -1.61. The van der Waals surface area contributed by atoms with E-state index in [0.717, 1.165) is 0 Å². The predicted octanol–water partition coefficient (Wildman–Crippen LogP) is 3.95. The van der Waals surface area contributed by atoms with Gasteiger partial charge in [0.15, 0.2) is 9.84 Å². The highest BCUT2D eigenvalue weighted by Crippen LogP contribution is 2.26. The Balaban J connectivity index is 2.46. The van der Waals surface area contributed by atoms with E-state index in [1.54, 1.807) is 17.6 Å². The number of hydrogen-bond donors (Lipinski definition) is 0. The highest BCUT2D eigenvalue weighted by molar-refractivity contribution is 7.91. The molecule has 0 amide bonds. The fraction of sp³-hybridized carbons (Fsp3) is 0.588. The molecule has 0 saturated heterocycles. The molecular weight excluding hydrogens is 369 g/mol. The minimum absolute atomic E-state index is 0.0265. The molecule has 0 saturated carbocycles. The van der Waals surface area contributed by atoms with Gasteiger partial charge < -0.3 is 4.57 Å². The van der Waals surface area contributed by atoms with Gasteiger partial charge in [-0.25, -0.2) is 13.4 Å². The molecule has 1 aromatic heterocycles. The maximum Gasteiger partial charge on any atom is 0.522 e. The van der Waals surface area contributed by atoms with E-state index in [-0.39, 0.29) is 22.6 Å². The number of ether oxygens (including phenoxy) is 1. The van der Waals surface area contributed by atoms with Gasteiger partial charge in [0.2, 0.25) is 0 Å². The number of aromatic nitrogens is 2. The third-order valence-electron chi connectivity index (χ3n) is 3.81. The van der Waals surface area contributed by atoms with Crippen LogP contribution in [0.4, 0.5) is 13.2 Å². The van der Waals surface area contributed by atoms with E-state index >= 15 is 0 Å². The molecule has 2 rings (SSSR count). The van der Waals surface area contributed by atoms with E-state index in [2.05, 4.69) is 9.72 Å². The largest absolute Gasteiger partial charge is 0.522 e. The molecule has 0 atom stereocenters. The maximum atomic E-state index is 12.3. The molecule has 5 nitrogen and oxygen atoms in total. The van der Waals surface area contributed by atoms with Crippen molar-refractivity contribution in [3.63, 3.8) is 0 Å². The van der Waals surface area contributed by atoms with Gasteiger partial charge in [-0.2, -0.15) is 0 Å². The van der Waals surface area contributed by atoms with Crippen LogP contribution in [0.2, 0.25) is 0 Å². The zero-order valence-electron chi connectivity index (χ0n) is 15.2. The van der Waals surface area contributed by atoms with E-state index in [1.807, 2.05) is 20.8 Å². The van der Waals surface area contributed by atoms with Gasteiger partial charge in [-0.3, -0.25) is 4.74 Å². The Morgan fingerprint density at radius 1 is 1.19 bits per heavy atom. The van der Waals surface area contributed by atoms with Crippen molar-refractivity contribution in [2.24, 2.45) is 5.41 Å². The fourth-order valence-electron chi connectivity index (χ4n) is 2.63. The quantitative estimate of drug-likeness (QED) is 0.747. The molecule has 9 heteroatoms. The first-order chi connectivity index (χ1) is 11.8. The predicted molar refractivity (Wildman–Crippen MR) is 92.6 cm³/mol. The topological polar surface area (TPSA) is 61.2 Å². The van der Waals surface area contributed by atoms with Crippen molar-refractivity contribution < 1.29 is 26.3 Å². The van der Waals surface area contributed by atoms with Crippen LogP contribution in [0.25, 0.3) is 11.0 Å². The van der Waals surface area contributed by atoms with Gasteiger partial charge in [-0.1, -0.05) is 27.7 Å². The van der Waals surface area contributed by atoms with Crippen molar-refractivity contribution in [1.82, 2.24) is 9.55 Å². The number of benzene rings is 1. The Bertz CT molecular complexity index is 881. The first kappa shape index (κ1) is 20.7. The third-order valence-corrected chi connectivity index (χ3v) is 5.54. The standard InChI is InChI=1S/C17H23F3N2O3S/c1-5-26(23,24)12-6-7-14-13(10-12)21-15(11-16(2,3)4)22(14)8-9-25-17(18,19)20/h6-7,10H,5,8-9,11H2,1-4H3. The van der Waals surface area contributed by atoms with Crippen LogP contribution in [0, 0.1) is 5.41 Å². The lowest BCUT2D eigenvalue weighted by Gasteiger charge is -2.19. The minimum atomic E-state index is -4.69. The van der Waals surface area contributed by atoms with Crippen molar-refractivity contribution in [2.75, 3.05) is 12.4 Å². The van der Waals surface area contributed by atoms with E-state index in [4.69, 9.17) is 0 Å². The van der Waals surface area contributed by atoms with Gasteiger partial charge in [0.25, 0.3) is 0 Å². The lowest BCUT2D eigenvalue weighted by Crippen LogP contribution is -2.20. The number of alkyl halides is 3. The summed E-state index contributed by atoms with van der Waals surface area (Å²) >= 11 is 0. The second kappa shape index (κ2) is 7.19. The van der Waals surface area contributed by atoms with Crippen molar-refractivity contribution in [1.29, 1.82) is 0 Å². The number of rotatable bonds is 6. The lowest BCUT2D eigenvalue weighted by atomic mass is 9.92. The summed E-state index contributed by atoms with van der Waals surface area (Å²) in [6.45, 7) is 6.97. The summed E-state index contributed by atoms with van der Waals surface area (Å²) in [7, 11) is -3.39. The van der Waals surface area contributed by atoms with E-state index in [9.17, 15) is 21.6 Å². The first-order valence-electron chi connectivity index (χ1n) is 8.25. The van der Waals surface area contributed by atoms with Crippen molar-refractivity contribution in [3.05, 3.63) is 24.0 Å². The Labute approximate surface area is 151 Å². The van der Waals surface area contributed by atoms with Crippen LogP contribution < -0.4 is 0 Å². The van der Waals surface area contributed by atoms with Crippen LogP contribution in [0.15, 0.2) is 23.1 Å². The molecule has 0 N–H and O–H groups in total. The SMILES string of the molecule is CCS(=O)(=O)c1ccc2c(c1)nc(CC(C)(C)C)n2CCOC(F)(F)F. The summed E-state index contributed by atoms with van der Waals surface area (Å²) < 4.78 is 66.5. The van der Waals surface area contributed by atoms with Crippen molar-refractivity contribution in [2.45, 2.75) is 51.9 Å². The molecule has 0 unspecified atom stereocenters. The van der Waals surface area contributed by atoms with Gasteiger partial charge in [-0.15, -0.1) is 13.2 Å². The molecule has 0 bridgehead atoms. The van der Waals surface area contributed by atoms with Crippen LogP contribution in [0.1, 0.15) is 33.5 Å². The zero-order valence-corrected chi connectivity index (χ0v) is 16.0. The summed E-state index contributed by atoms with van der Waals surface area (Å²) in [5, 5.41) is 0. The molecule has 0 fully saturated rings. The van der Waals surface area contributed by atoms with Gasteiger partial charge in [0.1, 0.15) is 5.82 Å². The molecule has 1 heterocycles. The molecule has 0 spiro atoms. The minimum Gasteiger partial charge on any atom is -0.326 e. The summed E-state index contributed by atoms with van der Waals surface area (Å²) in [5.74, 6) is 0.567. The summed E-state index contributed by atoms with van der Waals surface area (Å²) in [5.41, 5.74) is 0.901. The van der Waals surface area contributed by atoms with Gasteiger partial charge >= 0.3 is 6.36 Å². The summed E-state index contributed by atoms with van der Waals surface area (Å²) in [6.07, 6.45) is -4.16. The third kappa shape index (κ3) is 5.20. The summed E-state index contributed by atoms with van der Waals surface area (Å²) in [4.78, 5) is 4.64. The van der Waals surface area contributed by atoms with E-state index < -0.39 is 22.8 Å². The van der Waals surface area contributed by atoms with E-state index in [1.165, 1.54) is 12.1 Å². The molecule has 146 valence electrons. The second-order valence-corrected chi connectivity index (χ2v) is 9.54. The Morgan fingerprint density at radius 3 is 2.38 bits per heavy atom. The highest BCUT2D eigenvalue weighted by atomic mass is 32.2. The Morgan fingerprint density at radius 2 is 1.85 bits per heavy atom. The normalized spacial score (nSPS) is 13.5. The highest BCUT2D eigenvalue weighted by Gasteiger charge is 2.29. The fourth-order valence-corrected chi connectivity index (χ4v) is 3.53. The van der Waals surface area contributed by atoms with Crippen LogP contribution in [-0.2, 0) is 27.5 Å². The molecular formula is C17H23F3N2O3S. The van der Waals surface area contributed by atoms with Crippen LogP contribution in [0.3, 0.4) is 0 Å². The van der Waals surface area contributed by atoms with Crippen LogP contribution in [0.5, 0.6) is 0 Å². The Kier molecular flexibility index (Phi) is 5.72. The number of sulfone groups is 1. The van der Waals surface area contributed by atoms with E-state index in [0.29, 0.717) is 23.3 Å². The molecule has 0 aliphatic carbocycles. The lowest BCUT2D eigenvalue weighted by molar-refractivity contribution is -0.325. The van der Waals surface area contributed by atoms with Crippen LogP contribution in [-0.4, -0.2) is 36.7 Å². The molecule has 26 heavy (non-hydrogen) atoms. The second-order valence-electron chi connectivity index (χ2n) is 7.27. The molecule has 2 aromatic rings. The van der Waals surface area contributed by atoms with Crippen molar-refractivity contribution >= 4 is 20.9 Å². The first-order valence-corrected chi connectivity index (χ1v) is 9.90. The van der Waals surface area contributed by atoms with Gasteiger partial charge in [0.05, 0.1) is 28.3 Å². The molecule has 0 aliphatic heterocycles. The molecule has 0 radical (unpaired) electrons. The average molecular weight is 392 g/mol. The number of fused-ring (bicyclic) bond motifs is 1. The monoisotopic (exact) mass is 392 g/mol. The number of hydrogen-bond acceptors (Lipinski definition) is 4. The van der Waals surface area contributed by atoms with Crippen LogP contribution >= 0.6 is 0 Å². The average Bonchev–Trinajstić information content (AvgIpc) is 2.81. The van der Waals surface area contributed by atoms with Crippen molar-refractivity contribution in [3.8, 4) is 0 Å². The number of halogens is 3.